The molecule has 0 saturated heterocycles. The van der Waals surface area contributed by atoms with E-state index in [9.17, 15) is 0 Å². The summed E-state index contributed by atoms with van der Waals surface area (Å²) >= 11 is 0. The maximum atomic E-state index is 5.74. The highest BCUT2D eigenvalue weighted by Gasteiger charge is 2.23. The van der Waals surface area contributed by atoms with Crippen molar-refractivity contribution < 1.29 is 4.74 Å². The molecule has 3 heterocycles. The molecule has 6 nitrogen and oxygen atoms in total. The van der Waals surface area contributed by atoms with E-state index in [0.717, 1.165) is 24.4 Å². The maximum Gasteiger partial charge on any atom is 0.136 e. The first kappa shape index (κ1) is 14.4. The van der Waals surface area contributed by atoms with E-state index in [-0.39, 0.29) is 6.04 Å². The molecule has 1 aromatic carbocycles. The Kier molecular flexibility index (Phi) is 3.63. The lowest BCUT2D eigenvalue weighted by Gasteiger charge is -2.26. The average Bonchev–Trinajstić information content (AvgIpc) is 3.11. The molecule has 0 aliphatic carbocycles. The number of ether oxygens (including phenoxy) is 1. The van der Waals surface area contributed by atoms with E-state index in [0.29, 0.717) is 13.2 Å². The predicted molar refractivity (Wildman–Crippen MR) is 88.1 cm³/mol. The van der Waals surface area contributed by atoms with Crippen molar-refractivity contribution >= 4 is 11.0 Å². The summed E-state index contributed by atoms with van der Waals surface area (Å²) in [5, 5.41) is 7.71. The van der Waals surface area contributed by atoms with Gasteiger partial charge in [0.25, 0.3) is 0 Å². The fourth-order valence-electron chi connectivity index (χ4n) is 3.22. The smallest absolute Gasteiger partial charge is 0.136 e. The van der Waals surface area contributed by atoms with Gasteiger partial charge in [0.15, 0.2) is 0 Å². The summed E-state index contributed by atoms with van der Waals surface area (Å²) < 4.78 is 9.90. The Bertz CT molecular complexity index is 835. The molecule has 1 atom stereocenters. The third-order valence-electron chi connectivity index (χ3n) is 4.29. The average molecular weight is 311 g/mol. The first-order valence-corrected chi connectivity index (χ1v) is 7.94. The standard InChI is InChI=1S/C17H21N5O/c1-12-3-4-15-16(5-12)22-14(10-23-11-17(22)20-15)8-18-6-13-7-19-21(2)9-13/h3-5,7,9,14,18H,6,8,10-11H2,1-2H3. The van der Waals surface area contributed by atoms with Gasteiger partial charge in [-0.3, -0.25) is 4.68 Å². The van der Waals surface area contributed by atoms with Crippen molar-refractivity contribution in [2.24, 2.45) is 7.05 Å². The number of nitrogens with one attached hydrogen (secondary N) is 1. The molecular formula is C17H21N5O. The van der Waals surface area contributed by atoms with E-state index in [1.807, 2.05) is 24.1 Å². The number of benzene rings is 1. The lowest BCUT2D eigenvalue weighted by Crippen LogP contribution is -2.32. The Hall–Kier alpha value is -2.18. The molecule has 3 aromatic rings. The van der Waals surface area contributed by atoms with Crippen LogP contribution in [0, 0.1) is 6.92 Å². The molecule has 2 aromatic heterocycles. The second kappa shape index (κ2) is 5.79. The molecule has 120 valence electrons. The maximum absolute atomic E-state index is 5.74. The minimum Gasteiger partial charge on any atom is -0.371 e. The molecule has 0 amide bonds. The molecule has 1 aliphatic heterocycles. The Labute approximate surface area is 135 Å². The highest BCUT2D eigenvalue weighted by atomic mass is 16.5. The summed E-state index contributed by atoms with van der Waals surface area (Å²) in [7, 11) is 1.94. The fourth-order valence-corrected chi connectivity index (χ4v) is 3.22. The Balaban J connectivity index is 1.54. The summed E-state index contributed by atoms with van der Waals surface area (Å²) in [6.45, 7) is 5.08. The van der Waals surface area contributed by atoms with Crippen LogP contribution in [0.4, 0.5) is 0 Å². The van der Waals surface area contributed by atoms with Gasteiger partial charge in [-0.1, -0.05) is 6.07 Å². The number of nitrogens with zero attached hydrogens (tertiary/aromatic N) is 4. The zero-order chi connectivity index (χ0) is 15.8. The van der Waals surface area contributed by atoms with Crippen molar-refractivity contribution in [3.05, 3.63) is 47.5 Å². The number of hydrogen-bond acceptors (Lipinski definition) is 4. The van der Waals surface area contributed by atoms with Crippen molar-refractivity contribution in [1.29, 1.82) is 0 Å². The molecule has 0 bridgehead atoms. The largest absolute Gasteiger partial charge is 0.371 e. The van der Waals surface area contributed by atoms with E-state index < -0.39 is 0 Å². The van der Waals surface area contributed by atoms with E-state index >= 15 is 0 Å². The van der Waals surface area contributed by atoms with Crippen LogP contribution in [0.2, 0.25) is 0 Å². The molecule has 6 heteroatoms. The molecule has 0 saturated carbocycles. The molecule has 0 radical (unpaired) electrons. The number of fused-ring (bicyclic) bond motifs is 3. The Morgan fingerprint density at radius 1 is 1.39 bits per heavy atom. The quantitative estimate of drug-likeness (QED) is 0.800. The summed E-state index contributed by atoms with van der Waals surface area (Å²) in [4.78, 5) is 4.71. The number of hydrogen-bond donors (Lipinski definition) is 1. The minimum atomic E-state index is 0.266. The van der Waals surface area contributed by atoms with E-state index in [4.69, 9.17) is 9.72 Å². The van der Waals surface area contributed by atoms with Gasteiger partial charge in [0.05, 0.1) is 29.9 Å². The van der Waals surface area contributed by atoms with Gasteiger partial charge in [-0.2, -0.15) is 5.10 Å². The first-order chi connectivity index (χ1) is 11.2. The van der Waals surface area contributed by atoms with Crippen molar-refractivity contribution in [2.75, 3.05) is 13.2 Å². The SMILES string of the molecule is Cc1ccc2nc3n(c2c1)C(CNCc1cnn(C)c1)COC3. The van der Waals surface area contributed by atoms with Crippen LogP contribution in [-0.4, -0.2) is 32.5 Å². The molecule has 1 aliphatic rings. The Morgan fingerprint density at radius 2 is 2.30 bits per heavy atom. The van der Waals surface area contributed by atoms with Crippen LogP contribution in [0.3, 0.4) is 0 Å². The predicted octanol–water partition coefficient (Wildman–Crippen LogP) is 1.94. The molecule has 0 fully saturated rings. The van der Waals surface area contributed by atoms with Crippen molar-refractivity contribution in [1.82, 2.24) is 24.6 Å². The van der Waals surface area contributed by atoms with Crippen LogP contribution < -0.4 is 5.32 Å². The van der Waals surface area contributed by atoms with E-state index in [2.05, 4.69) is 40.1 Å². The van der Waals surface area contributed by atoms with Gasteiger partial charge in [0.2, 0.25) is 0 Å². The topological polar surface area (TPSA) is 56.9 Å². The Morgan fingerprint density at radius 3 is 3.13 bits per heavy atom. The zero-order valence-corrected chi connectivity index (χ0v) is 13.5. The lowest BCUT2D eigenvalue weighted by atomic mass is 10.2. The normalized spacial score (nSPS) is 17.6. The highest BCUT2D eigenvalue weighted by Crippen LogP contribution is 2.26. The third-order valence-corrected chi connectivity index (χ3v) is 4.29. The highest BCUT2D eigenvalue weighted by molar-refractivity contribution is 5.77. The first-order valence-electron chi connectivity index (χ1n) is 7.94. The summed E-state index contributed by atoms with van der Waals surface area (Å²) in [6, 6.07) is 6.68. The molecular weight excluding hydrogens is 290 g/mol. The number of aromatic nitrogens is 4. The van der Waals surface area contributed by atoms with Gasteiger partial charge in [0, 0.05) is 31.9 Å². The van der Waals surface area contributed by atoms with Gasteiger partial charge in [-0.25, -0.2) is 4.98 Å². The summed E-state index contributed by atoms with van der Waals surface area (Å²) in [5.74, 6) is 1.02. The van der Waals surface area contributed by atoms with Crippen LogP contribution in [0.5, 0.6) is 0 Å². The van der Waals surface area contributed by atoms with Crippen LogP contribution in [0.1, 0.15) is 23.0 Å². The molecule has 0 spiro atoms. The van der Waals surface area contributed by atoms with Crippen LogP contribution in [0.15, 0.2) is 30.6 Å². The van der Waals surface area contributed by atoms with Crippen LogP contribution in [0.25, 0.3) is 11.0 Å². The summed E-state index contributed by atoms with van der Waals surface area (Å²) in [5.41, 5.74) is 4.70. The van der Waals surface area contributed by atoms with Crippen molar-refractivity contribution in [2.45, 2.75) is 26.1 Å². The molecule has 4 rings (SSSR count). The fraction of sp³-hybridized carbons (Fsp3) is 0.412. The van der Waals surface area contributed by atoms with Gasteiger partial charge in [-0.05, 0) is 24.6 Å². The molecule has 23 heavy (non-hydrogen) atoms. The van der Waals surface area contributed by atoms with Gasteiger partial charge in [-0.15, -0.1) is 0 Å². The van der Waals surface area contributed by atoms with Crippen LogP contribution in [-0.2, 0) is 24.9 Å². The zero-order valence-electron chi connectivity index (χ0n) is 13.5. The third kappa shape index (κ3) is 2.75. The van der Waals surface area contributed by atoms with Gasteiger partial charge >= 0.3 is 0 Å². The lowest BCUT2D eigenvalue weighted by molar-refractivity contribution is 0.0564. The monoisotopic (exact) mass is 311 g/mol. The number of aryl methyl sites for hydroxylation is 2. The number of imidazole rings is 1. The van der Waals surface area contributed by atoms with Gasteiger partial charge in [0.1, 0.15) is 12.4 Å². The molecule has 1 N–H and O–H groups in total. The summed E-state index contributed by atoms with van der Waals surface area (Å²) in [6.07, 6.45) is 3.93. The van der Waals surface area contributed by atoms with Crippen molar-refractivity contribution in [3.8, 4) is 0 Å². The second-order valence-electron chi connectivity index (χ2n) is 6.21. The van der Waals surface area contributed by atoms with Crippen molar-refractivity contribution in [3.63, 3.8) is 0 Å². The number of rotatable bonds is 4. The van der Waals surface area contributed by atoms with Gasteiger partial charge < -0.3 is 14.6 Å². The van der Waals surface area contributed by atoms with Crippen LogP contribution >= 0.6 is 0 Å². The minimum absolute atomic E-state index is 0.266. The second-order valence-corrected chi connectivity index (χ2v) is 6.21. The van der Waals surface area contributed by atoms with E-state index in [1.54, 1.807) is 0 Å². The van der Waals surface area contributed by atoms with E-state index in [1.165, 1.54) is 16.6 Å². The molecule has 1 unspecified atom stereocenters.